The Kier molecular flexibility index (Phi) is 5.30. The number of carboxylic acid groups (broad SMARTS) is 1. The molecule has 3 N–H and O–H groups in total. The molecule has 0 saturated heterocycles. The van der Waals surface area contributed by atoms with Crippen molar-refractivity contribution in [3.63, 3.8) is 0 Å². The van der Waals surface area contributed by atoms with Gasteiger partial charge in [0.15, 0.2) is 0 Å². The molecule has 22 heavy (non-hydrogen) atoms. The summed E-state index contributed by atoms with van der Waals surface area (Å²) in [5.41, 5.74) is 9.73. The number of aromatic nitrogens is 2. The molecule has 1 fully saturated rings. The van der Waals surface area contributed by atoms with Crippen molar-refractivity contribution in [1.82, 2.24) is 9.38 Å². The van der Waals surface area contributed by atoms with Gasteiger partial charge in [-0.2, -0.15) is 0 Å². The molecule has 0 amide bonds. The van der Waals surface area contributed by atoms with Crippen LogP contribution in [0, 0.1) is 0 Å². The van der Waals surface area contributed by atoms with Crippen LogP contribution in [-0.4, -0.2) is 27.2 Å². The summed E-state index contributed by atoms with van der Waals surface area (Å²) in [6, 6.07) is 4.28. The molecule has 6 nitrogen and oxygen atoms in total. The quantitative estimate of drug-likeness (QED) is 0.669. The van der Waals surface area contributed by atoms with Crippen LogP contribution < -0.4 is 5.73 Å². The van der Waals surface area contributed by atoms with Crippen molar-refractivity contribution in [2.75, 3.05) is 0 Å². The first-order valence-electron chi connectivity index (χ1n) is 7.11. The predicted molar refractivity (Wildman–Crippen MR) is 86.0 cm³/mol. The lowest BCUT2D eigenvalue weighted by Crippen LogP contribution is -1.87. The molecule has 6 heteroatoms. The predicted octanol–water partition coefficient (Wildman–Crippen LogP) is 2.35. The van der Waals surface area contributed by atoms with Gasteiger partial charge in [-0.15, -0.1) is 0 Å². The zero-order valence-corrected chi connectivity index (χ0v) is 12.5. The number of allylic oxidation sites excluding steroid dienone is 1. The Morgan fingerprint density at radius 1 is 1.50 bits per heavy atom. The molecule has 0 bridgehead atoms. The number of hydrogen-bond donors (Lipinski definition) is 2. The number of nitrogens with zero attached hydrogens (tertiary/aromatic N) is 3. The van der Waals surface area contributed by atoms with Crippen molar-refractivity contribution in [3.05, 3.63) is 47.6 Å². The second kappa shape index (κ2) is 7.40. The number of rotatable bonds is 4. The minimum absolute atomic E-state index is 0.250. The second-order valence-corrected chi connectivity index (χ2v) is 5.22. The largest absolute Gasteiger partial charge is 0.483 e. The van der Waals surface area contributed by atoms with E-state index >= 15 is 0 Å². The third-order valence-electron chi connectivity index (χ3n) is 3.38. The van der Waals surface area contributed by atoms with Crippen molar-refractivity contribution < 1.29 is 9.90 Å². The molecule has 0 aromatic carbocycles. The number of nitrogens with two attached hydrogens (primary N) is 1. The molecule has 2 aromatic heterocycles. The van der Waals surface area contributed by atoms with E-state index in [1.165, 1.54) is 18.4 Å². The van der Waals surface area contributed by atoms with Crippen LogP contribution >= 0.6 is 0 Å². The maximum atomic E-state index is 8.36. The van der Waals surface area contributed by atoms with Crippen LogP contribution in [0.25, 0.3) is 5.65 Å². The summed E-state index contributed by atoms with van der Waals surface area (Å²) in [6.45, 7) is 2.26. The number of carbonyl (C=O) groups is 1. The third kappa shape index (κ3) is 4.18. The molecular weight excluding hydrogens is 280 g/mol. The molecule has 0 aliphatic heterocycles. The van der Waals surface area contributed by atoms with Gasteiger partial charge in [-0.25, -0.2) is 4.98 Å². The number of hydrogen-bond acceptors (Lipinski definition) is 4. The Morgan fingerprint density at radius 2 is 2.23 bits per heavy atom. The van der Waals surface area contributed by atoms with Gasteiger partial charge in [-0.05, 0) is 49.1 Å². The van der Waals surface area contributed by atoms with Crippen molar-refractivity contribution in [1.29, 1.82) is 0 Å². The van der Waals surface area contributed by atoms with E-state index in [4.69, 9.17) is 15.6 Å². The highest BCUT2D eigenvalue weighted by atomic mass is 16.3. The summed E-state index contributed by atoms with van der Waals surface area (Å²) in [5, 5.41) is 6.89. The Bertz CT molecular complexity index is 699. The maximum Gasteiger partial charge on any atom is 0.290 e. The van der Waals surface area contributed by atoms with E-state index in [0.29, 0.717) is 6.54 Å². The number of fused-ring (bicyclic) bond motifs is 1. The van der Waals surface area contributed by atoms with Crippen LogP contribution in [0.2, 0.25) is 0 Å². The van der Waals surface area contributed by atoms with Crippen LogP contribution in [0.4, 0.5) is 0 Å². The lowest BCUT2D eigenvalue weighted by Gasteiger charge is -1.98. The van der Waals surface area contributed by atoms with Gasteiger partial charge in [0, 0.05) is 18.6 Å². The average molecular weight is 300 g/mol. The molecule has 2 heterocycles. The highest BCUT2D eigenvalue weighted by Gasteiger charge is 2.23. The Labute approximate surface area is 129 Å². The molecule has 0 atom stereocenters. The molecule has 0 radical (unpaired) electrons. The van der Waals surface area contributed by atoms with Gasteiger partial charge in [0.2, 0.25) is 0 Å². The van der Waals surface area contributed by atoms with E-state index in [-0.39, 0.29) is 6.47 Å². The number of imidazole rings is 1. The van der Waals surface area contributed by atoms with Crippen LogP contribution in [0.1, 0.15) is 36.9 Å². The number of pyridine rings is 1. The van der Waals surface area contributed by atoms with Crippen molar-refractivity contribution >= 4 is 18.3 Å². The third-order valence-corrected chi connectivity index (χ3v) is 3.38. The highest BCUT2D eigenvalue weighted by Crippen LogP contribution is 2.39. The van der Waals surface area contributed by atoms with E-state index < -0.39 is 0 Å². The molecule has 0 spiro atoms. The van der Waals surface area contributed by atoms with Crippen LogP contribution in [-0.2, 0) is 11.3 Å². The molecule has 1 aliphatic rings. The van der Waals surface area contributed by atoms with Gasteiger partial charge in [0.05, 0.1) is 12.2 Å². The Hall–Kier alpha value is -2.63. The fourth-order valence-corrected chi connectivity index (χ4v) is 2.12. The van der Waals surface area contributed by atoms with Crippen molar-refractivity contribution in [2.45, 2.75) is 32.2 Å². The fraction of sp³-hybridized carbons (Fsp3) is 0.312. The summed E-state index contributed by atoms with van der Waals surface area (Å²) >= 11 is 0. The minimum Gasteiger partial charge on any atom is -0.483 e. The lowest BCUT2D eigenvalue weighted by atomic mass is 10.2. The topological polar surface area (TPSA) is 93.0 Å². The normalized spacial score (nSPS) is 14.9. The molecule has 3 rings (SSSR count). The van der Waals surface area contributed by atoms with Crippen LogP contribution in [0.5, 0.6) is 0 Å². The van der Waals surface area contributed by atoms with E-state index in [0.717, 1.165) is 22.8 Å². The molecule has 0 unspecified atom stereocenters. The summed E-state index contributed by atoms with van der Waals surface area (Å²) < 4.78 is 2.10. The smallest absolute Gasteiger partial charge is 0.290 e. The Balaban J connectivity index is 0.000000545. The van der Waals surface area contributed by atoms with Gasteiger partial charge in [-0.3, -0.25) is 9.79 Å². The first kappa shape index (κ1) is 15.8. The maximum absolute atomic E-state index is 8.36. The molecular formula is C16H20N4O2. The van der Waals surface area contributed by atoms with E-state index in [1.54, 1.807) is 12.4 Å². The van der Waals surface area contributed by atoms with Crippen molar-refractivity contribution in [3.8, 4) is 0 Å². The highest BCUT2D eigenvalue weighted by molar-refractivity contribution is 5.77. The van der Waals surface area contributed by atoms with Gasteiger partial charge in [0.25, 0.3) is 6.47 Å². The molecule has 116 valence electrons. The molecule has 1 aliphatic carbocycles. The van der Waals surface area contributed by atoms with Crippen molar-refractivity contribution in [2.24, 2.45) is 10.7 Å². The summed E-state index contributed by atoms with van der Waals surface area (Å²) in [6.07, 6.45) is 10.2. The first-order chi connectivity index (χ1) is 10.7. The van der Waals surface area contributed by atoms with E-state index in [2.05, 4.69) is 38.9 Å². The van der Waals surface area contributed by atoms with Gasteiger partial charge in [0.1, 0.15) is 5.65 Å². The second-order valence-electron chi connectivity index (χ2n) is 5.22. The van der Waals surface area contributed by atoms with Crippen LogP contribution in [0.15, 0.2) is 41.3 Å². The monoisotopic (exact) mass is 300 g/mol. The summed E-state index contributed by atoms with van der Waals surface area (Å²) in [4.78, 5) is 17.2. The van der Waals surface area contributed by atoms with E-state index in [1.807, 2.05) is 6.92 Å². The zero-order valence-electron chi connectivity index (χ0n) is 12.5. The van der Waals surface area contributed by atoms with Gasteiger partial charge in [-0.1, -0.05) is 6.07 Å². The summed E-state index contributed by atoms with van der Waals surface area (Å²) in [7, 11) is 0. The Morgan fingerprint density at radius 3 is 2.86 bits per heavy atom. The molecule has 2 aromatic rings. The standard InChI is InChI=1S/C15H18N4.CH2O2/c1-11(6-16)7-17-8-14-10-19-9-13(12-2-3-12)4-5-15(19)18-14;2-1-3/h4-7,9-10,12H,2-3,8,16H2,1H3;1H,(H,2,3)/b11-6-,17-7?;. The average Bonchev–Trinajstić information content (AvgIpc) is 3.28. The minimum atomic E-state index is -0.250. The first-order valence-corrected chi connectivity index (χ1v) is 7.11. The zero-order chi connectivity index (χ0) is 15.9. The van der Waals surface area contributed by atoms with Crippen LogP contribution in [0.3, 0.4) is 0 Å². The van der Waals surface area contributed by atoms with E-state index in [9.17, 15) is 0 Å². The SMILES string of the molecule is C/C(C=NCc1cn2cc(C3CC3)ccc2n1)=C/N.O=CO. The van der Waals surface area contributed by atoms with Gasteiger partial charge < -0.3 is 15.2 Å². The molecule has 1 saturated carbocycles. The van der Waals surface area contributed by atoms with Gasteiger partial charge >= 0.3 is 0 Å². The number of aliphatic imine (C=N–C) groups is 1. The summed E-state index contributed by atoms with van der Waals surface area (Å²) in [5.74, 6) is 0.769. The fourth-order valence-electron chi connectivity index (χ4n) is 2.12. The lowest BCUT2D eigenvalue weighted by molar-refractivity contribution is -0.122.